The number of fused-ring (bicyclic) bond motifs is 1. The van der Waals surface area contributed by atoms with E-state index >= 15 is 0 Å². The maximum Gasteiger partial charge on any atom is 0.245 e. The van der Waals surface area contributed by atoms with Crippen molar-refractivity contribution in [2.45, 2.75) is 39.3 Å². The fourth-order valence-corrected chi connectivity index (χ4v) is 3.60. The second-order valence-electron chi connectivity index (χ2n) is 7.40. The Morgan fingerprint density at radius 3 is 2.89 bits per heavy atom. The van der Waals surface area contributed by atoms with Crippen molar-refractivity contribution < 1.29 is 4.74 Å². The molecule has 9 heteroatoms. The third kappa shape index (κ3) is 3.34. The van der Waals surface area contributed by atoms with Gasteiger partial charge in [0.1, 0.15) is 5.69 Å². The Kier molecular flexibility index (Phi) is 4.69. The molecule has 144 valence electrons. The molecule has 0 unspecified atom stereocenters. The Labute approximate surface area is 158 Å². The molecule has 0 amide bonds. The number of hydrogen-bond donors (Lipinski definition) is 2. The Balaban J connectivity index is 1.77. The van der Waals surface area contributed by atoms with Gasteiger partial charge >= 0.3 is 0 Å². The van der Waals surface area contributed by atoms with Gasteiger partial charge in [-0.3, -0.25) is 5.10 Å². The molecule has 0 aromatic carbocycles. The number of nitrogens with zero attached hydrogens (tertiary/aromatic N) is 6. The molecule has 3 aromatic heterocycles. The second kappa shape index (κ2) is 7.15. The van der Waals surface area contributed by atoms with E-state index < -0.39 is 0 Å². The summed E-state index contributed by atoms with van der Waals surface area (Å²) in [6.07, 6.45) is 6.30. The third-order valence-electron chi connectivity index (χ3n) is 5.00. The van der Waals surface area contributed by atoms with Crippen LogP contribution in [0.25, 0.3) is 16.9 Å². The molecule has 2 N–H and O–H groups in total. The van der Waals surface area contributed by atoms with Crippen molar-refractivity contribution in [1.29, 1.82) is 0 Å². The fraction of sp³-hybridized carbons (Fsp3) is 0.556. The monoisotopic (exact) mass is 370 g/mol. The molecular weight excluding hydrogens is 344 g/mol. The van der Waals surface area contributed by atoms with Crippen molar-refractivity contribution in [3.8, 4) is 17.1 Å². The number of nitrogens with one attached hydrogen (secondary N) is 2. The summed E-state index contributed by atoms with van der Waals surface area (Å²) in [6, 6.07) is 0.402. The number of rotatable bonds is 5. The van der Waals surface area contributed by atoms with Gasteiger partial charge in [0, 0.05) is 24.8 Å². The van der Waals surface area contributed by atoms with Crippen LogP contribution in [0.1, 0.15) is 27.2 Å². The lowest BCUT2D eigenvalue weighted by molar-refractivity contribution is 0.227. The fourth-order valence-electron chi connectivity index (χ4n) is 3.60. The van der Waals surface area contributed by atoms with Gasteiger partial charge in [0.2, 0.25) is 11.8 Å². The SMILES string of the molecule is CC(C)Oc1c(-c2cn[nH]c2)ncc2nc(N(C)[C@H]3CCNC[C@H]3C)nn12. The average Bonchev–Trinajstić information content (AvgIpc) is 3.31. The van der Waals surface area contributed by atoms with E-state index in [-0.39, 0.29) is 6.10 Å². The minimum atomic E-state index is -0.0159. The average molecular weight is 370 g/mol. The normalized spacial score (nSPS) is 20.3. The van der Waals surface area contributed by atoms with Gasteiger partial charge in [0.15, 0.2) is 5.65 Å². The molecule has 9 nitrogen and oxygen atoms in total. The molecule has 0 aliphatic carbocycles. The molecule has 0 spiro atoms. The van der Waals surface area contributed by atoms with Crippen LogP contribution in [0.4, 0.5) is 5.95 Å². The van der Waals surface area contributed by atoms with Gasteiger partial charge in [-0.05, 0) is 39.3 Å². The number of aromatic nitrogens is 6. The van der Waals surface area contributed by atoms with Crippen molar-refractivity contribution in [2.75, 3.05) is 25.0 Å². The largest absolute Gasteiger partial charge is 0.473 e. The summed E-state index contributed by atoms with van der Waals surface area (Å²) in [7, 11) is 2.06. The van der Waals surface area contributed by atoms with Gasteiger partial charge in [-0.1, -0.05) is 6.92 Å². The van der Waals surface area contributed by atoms with Crippen LogP contribution in [-0.2, 0) is 0 Å². The molecular formula is C18H26N8O. The Bertz CT molecular complexity index is 904. The van der Waals surface area contributed by atoms with Crippen molar-refractivity contribution in [3.05, 3.63) is 18.6 Å². The standard InChI is InChI=1S/C18H26N8O/c1-11(2)27-17-16(13-8-21-22-9-13)20-10-15-23-18(24-26(15)17)25(4)14-5-6-19-7-12(14)3/h8-12,14,19H,5-7H2,1-4H3,(H,21,22)/t12-,14+/m1/s1. The van der Waals surface area contributed by atoms with Crippen LogP contribution in [0.15, 0.2) is 18.6 Å². The first-order valence-corrected chi connectivity index (χ1v) is 9.39. The van der Waals surface area contributed by atoms with Crippen LogP contribution in [-0.4, -0.2) is 62.1 Å². The number of ether oxygens (including phenoxy) is 1. The number of H-pyrrole nitrogens is 1. The van der Waals surface area contributed by atoms with Gasteiger partial charge in [0.05, 0.1) is 18.5 Å². The molecule has 4 heterocycles. The molecule has 4 rings (SSSR count). The summed E-state index contributed by atoms with van der Waals surface area (Å²) in [5.74, 6) is 1.80. The van der Waals surface area contributed by atoms with E-state index in [9.17, 15) is 0 Å². The zero-order valence-corrected chi connectivity index (χ0v) is 16.2. The van der Waals surface area contributed by atoms with Crippen molar-refractivity contribution >= 4 is 11.6 Å². The maximum atomic E-state index is 6.07. The van der Waals surface area contributed by atoms with E-state index in [1.807, 2.05) is 13.8 Å². The Hall–Kier alpha value is -2.68. The molecule has 1 aliphatic rings. The van der Waals surface area contributed by atoms with E-state index in [2.05, 4.69) is 39.4 Å². The molecule has 1 fully saturated rings. The summed E-state index contributed by atoms with van der Waals surface area (Å²) >= 11 is 0. The topological polar surface area (TPSA) is 96.3 Å². The zero-order chi connectivity index (χ0) is 19.0. The highest BCUT2D eigenvalue weighted by molar-refractivity contribution is 5.65. The number of hydrogen-bond acceptors (Lipinski definition) is 7. The number of anilines is 1. The van der Waals surface area contributed by atoms with E-state index in [4.69, 9.17) is 14.8 Å². The van der Waals surface area contributed by atoms with Gasteiger partial charge in [-0.2, -0.15) is 14.6 Å². The van der Waals surface area contributed by atoms with E-state index in [0.717, 1.165) is 25.1 Å². The van der Waals surface area contributed by atoms with Crippen LogP contribution in [0.5, 0.6) is 5.88 Å². The minimum Gasteiger partial charge on any atom is -0.473 e. The van der Waals surface area contributed by atoms with Crippen LogP contribution >= 0.6 is 0 Å². The summed E-state index contributed by atoms with van der Waals surface area (Å²) < 4.78 is 7.81. The van der Waals surface area contributed by atoms with E-state index in [1.165, 1.54) is 0 Å². The predicted octanol–water partition coefficient (Wildman–Crippen LogP) is 1.74. The van der Waals surface area contributed by atoms with Gasteiger partial charge in [-0.25, -0.2) is 4.98 Å². The molecule has 27 heavy (non-hydrogen) atoms. The van der Waals surface area contributed by atoms with Crippen molar-refractivity contribution in [3.63, 3.8) is 0 Å². The number of aromatic amines is 1. The van der Waals surface area contributed by atoms with Crippen LogP contribution in [0, 0.1) is 5.92 Å². The lowest BCUT2D eigenvalue weighted by Gasteiger charge is -2.35. The highest BCUT2D eigenvalue weighted by Gasteiger charge is 2.28. The second-order valence-corrected chi connectivity index (χ2v) is 7.40. The summed E-state index contributed by atoms with van der Waals surface area (Å²) in [5, 5.41) is 15.0. The first-order chi connectivity index (χ1) is 13.0. The van der Waals surface area contributed by atoms with Crippen molar-refractivity contribution in [1.82, 2.24) is 35.1 Å². The van der Waals surface area contributed by atoms with Gasteiger partial charge < -0.3 is 15.0 Å². The quantitative estimate of drug-likeness (QED) is 0.706. The lowest BCUT2D eigenvalue weighted by Crippen LogP contribution is -2.47. The Morgan fingerprint density at radius 2 is 2.19 bits per heavy atom. The molecule has 2 atom stereocenters. The summed E-state index contributed by atoms with van der Waals surface area (Å²) in [4.78, 5) is 11.4. The first kappa shape index (κ1) is 17.7. The van der Waals surface area contributed by atoms with Crippen LogP contribution in [0.3, 0.4) is 0 Å². The zero-order valence-electron chi connectivity index (χ0n) is 16.2. The molecule has 0 bridgehead atoms. The Morgan fingerprint density at radius 1 is 1.33 bits per heavy atom. The van der Waals surface area contributed by atoms with Gasteiger partial charge in [-0.15, -0.1) is 5.10 Å². The van der Waals surface area contributed by atoms with E-state index in [0.29, 0.717) is 35.1 Å². The van der Waals surface area contributed by atoms with E-state index in [1.54, 1.807) is 23.1 Å². The molecule has 0 saturated carbocycles. The van der Waals surface area contributed by atoms with Crippen molar-refractivity contribution in [2.24, 2.45) is 5.92 Å². The third-order valence-corrected chi connectivity index (χ3v) is 5.00. The molecule has 0 radical (unpaired) electrons. The smallest absolute Gasteiger partial charge is 0.245 e. The molecule has 1 aliphatic heterocycles. The summed E-state index contributed by atoms with van der Waals surface area (Å²) in [6.45, 7) is 8.25. The highest BCUT2D eigenvalue weighted by atomic mass is 16.5. The number of piperidine rings is 1. The van der Waals surface area contributed by atoms with Crippen LogP contribution < -0.4 is 15.0 Å². The van der Waals surface area contributed by atoms with Crippen LogP contribution in [0.2, 0.25) is 0 Å². The summed E-state index contributed by atoms with van der Waals surface area (Å²) in [5.41, 5.74) is 2.21. The maximum absolute atomic E-state index is 6.07. The predicted molar refractivity (Wildman–Crippen MR) is 103 cm³/mol. The highest BCUT2D eigenvalue weighted by Crippen LogP contribution is 2.30. The molecule has 3 aromatic rings. The van der Waals surface area contributed by atoms with Gasteiger partial charge in [0.25, 0.3) is 0 Å². The minimum absolute atomic E-state index is 0.0159. The lowest BCUT2D eigenvalue weighted by atomic mass is 9.94. The molecule has 1 saturated heterocycles. The first-order valence-electron chi connectivity index (χ1n) is 9.39.